The summed E-state index contributed by atoms with van der Waals surface area (Å²) in [4.78, 5) is 22.4. The predicted octanol–water partition coefficient (Wildman–Crippen LogP) is 1.73. The first-order chi connectivity index (χ1) is 8.72. The molecule has 0 aliphatic heterocycles. The fourth-order valence-electron chi connectivity index (χ4n) is 1.31. The standard InChI is InChI=1S/C13H15F2NO3/c1-13(2,12(18)19)7-16-11(17)6-8-5-9(14)3-4-10(8)15/h3-5H,6-7H2,1-2H3,(H,16,17)(H,18,19). The topological polar surface area (TPSA) is 66.4 Å². The summed E-state index contributed by atoms with van der Waals surface area (Å²) in [6.45, 7) is 2.83. The summed E-state index contributed by atoms with van der Waals surface area (Å²) in [7, 11) is 0. The normalized spacial score (nSPS) is 11.2. The molecular weight excluding hydrogens is 256 g/mol. The van der Waals surface area contributed by atoms with E-state index in [-0.39, 0.29) is 18.5 Å². The van der Waals surface area contributed by atoms with Gasteiger partial charge in [-0.05, 0) is 32.0 Å². The number of amides is 1. The monoisotopic (exact) mass is 271 g/mol. The lowest BCUT2D eigenvalue weighted by Gasteiger charge is -2.19. The Morgan fingerprint density at radius 2 is 1.95 bits per heavy atom. The summed E-state index contributed by atoms with van der Waals surface area (Å²) < 4.78 is 26.2. The van der Waals surface area contributed by atoms with Gasteiger partial charge in [0.1, 0.15) is 11.6 Å². The number of carboxylic acid groups (broad SMARTS) is 1. The van der Waals surface area contributed by atoms with Gasteiger partial charge in [-0.3, -0.25) is 9.59 Å². The van der Waals surface area contributed by atoms with Crippen molar-refractivity contribution in [3.8, 4) is 0 Å². The summed E-state index contributed by atoms with van der Waals surface area (Å²) in [5.74, 6) is -2.91. The van der Waals surface area contributed by atoms with Crippen molar-refractivity contribution >= 4 is 11.9 Å². The SMILES string of the molecule is CC(C)(CNC(=O)Cc1cc(F)ccc1F)C(=O)O. The van der Waals surface area contributed by atoms with Gasteiger partial charge in [0.25, 0.3) is 0 Å². The summed E-state index contributed by atoms with van der Waals surface area (Å²) in [6, 6.07) is 2.85. The van der Waals surface area contributed by atoms with Crippen LogP contribution in [0.25, 0.3) is 0 Å². The van der Waals surface area contributed by atoms with Gasteiger partial charge in [0.2, 0.25) is 5.91 Å². The van der Waals surface area contributed by atoms with Crippen molar-refractivity contribution in [2.75, 3.05) is 6.54 Å². The summed E-state index contributed by atoms with van der Waals surface area (Å²) in [6.07, 6.45) is -0.334. The molecule has 19 heavy (non-hydrogen) atoms. The number of hydrogen-bond donors (Lipinski definition) is 2. The van der Waals surface area contributed by atoms with E-state index in [2.05, 4.69) is 5.32 Å². The smallest absolute Gasteiger partial charge is 0.310 e. The molecule has 6 heteroatoms. The molecule has 0 spiro atoms. The Labute approximate surface area is 109 Å². The molecule has 1 aromatic rings. The fourth-order valence-corrected chi connectivity index (χ4v) is 1.31. The van der Waals surface area contributed by atoms with Crippen molar-refractivity contribution in [2.45, 2.75) is 20.3 Å². The first kappa shape index (κ1) is 15.1. The Morgan fingerprint density at radius 1 is 1.32 bits per heavy atom. The molecule has 0 aromatic heterocycles. The number of halogens is 2. The first-order valence-corrected chi connectivity index (χ1v) is 5.66. The molecule has 0 aliphatic carbocycles. The molecule has 0 unspecified atom stereocenters. The molecule has 0 radical (unpaired) electrons. The van der Waals surface area contributed by atoms with Gasteiger partial charge in [-0.2, -0.15) is 0 Å². The lowest BCUT2D eigenvalue weighted by Crippen LogP contribution is -2.39. The van der Waals surface area contributed by atoms with Gasteiger partial charge < -0.3 is 10.4 Å². The maximum atomic E-state index is 13.3. The number of hydrogen-bond acceptors (Lipinski definition) is 2. The number of rotatable bonds is 5. The van der Waals surface area contributed by atoms with E-state index in [1.807, 2.05) is 0 Å². The zero-order chi connectivity index (χ0) is 14.6. The Bertz CT molecular complexity index is 501. The van der Waals surface area contributed by atoms with Crippen LogP contribution in [0, 0.1) is 17.0 Å². The van der Waals surface area contributed by atoms with Crippen LogP contribution < -0.4 is 5.32 Å². The highest BCUT2D eigenvalue weighted by Gasteiger charge is 2.27. The molecule has 1 rings (SSSR count). The molecule has 0 heterocycles. The molecule has 0 saturated carbocycles. The van der Waals surface area contributed by atoms with E-state index < -0.39 is 28.9 Å². The van der Waals surface area contributed by atoms with Gasteiger partial charge in [0.15, 0.2) is 0 Å². The molecule has 1 aromatic carbocycles. The van der Waals surface area contributed by atoms with E-state index in [4.69, 9.17) is 5.11 Å². The highest BCUT2D eigenvalue weighted by atomic mass is 19.1. The summed E-state index contributed by atoms with van der Waals surface area (Å²) >= 11 is 0. The number of carbonyl (C=O) groups excluding carboxylic acids is 1. The van der Waals surface area contributed by atoms with Crippen LogP contribution in [0.15, 0.2) is 18.2 Å². The lowest BCUT2D eigenvalue weighted by molar-refractivity contribution is -0.146. The maximum absolute atomic E-state index is 13.3. The van der Waals surface area contributed by atoms with Crippen LogP contribution in [0.5, 0.6) is 0 Å². The van der Waals surface area contributed by atoms with Crippen LogP contribution in [0.2, 0.25) is 0 Å². The molecule has 4 nitrogen and oxygen atoms in total. The first-order valence-electron chi connectivity index (χ1n) is 5.66. The Morgan fingerprint density at radius 3 is 2.53 bits per heavy atom. The molecule has 0 saturated heterocycles. The largest absolute Gasteiger partial charge is 0.481 e. The second-order valence-corrected chi connectivity index (χ2v) is 4.88. The second-order valence-electron chi connectivity index (χ2n) is 4.88. The van der Waals surface area contributed by atoms with Crippen molar-refractivity contribution in [2.24, 2.45) is 5.41 Å². The third-order valence-corrected chi connectivity index (χ3v) is 2.67. The van der Waals surface area contributed by atoms with Crippen molar-refractivity contribution < 1.29 is 23.5 Å². The Balaban J connectivity index is 2.61. The van der Waals surface area contributed by atoms with Crippen molar-refractivity contribution in [3.05, 3.63) is 35.4 Å². The molecule has 0 aliphatic rings. The number of carbonyl (C=O) groups is 2. The highest BCUT2D eigenvalue weighted by Crippen LogP contribution is 2.14. The van der Waals surface area contributed by atoms with Crippen LogP contribution in [-0.4, -0.2) is 23.5 Å². The van der Waals surface area contributed by atoms with Gasteiger partial charge in [0, 0.05) is 12.1 Å². The van der Waals surface area contributed by atoms with Gasteiger partial charge in [-0.15, -0.1) is 0 Å². The Hall–Kier alpha value is -1.98. The summed E-state index contributed by atoms with van der Waals surface area (Å²) in [5.41, 5.74) is -1.18. The van der Waals surface area contributed by atoms with Crippen LogP contribution in [0.4, 0.5) is 8.78 Å². The van der Waals surface area contributed by atoms with E-state index in [0.717, 1.165) is 18.2 Å². The van der Waals surface area contributed by atoms with Crippen LogP contribution in [0.1, 0.15) is 19.4 Å². The van der Waals surface area contributed by atoms with Gasteiger partial charge in [-0.1, -0.05) is 0 Å². The quantitative estimate of drug-likeness (QED) is 0.857. The minimum Gasteiger partial charge on any atom is -0.481 e. The van der Waals surface area contributed by atoms with Crippen molar-refractivity contribution in [3.63, 3.8) is 0 Å². The van der Waals surface area contributed by atoms with Gasteiger partial charge >= 0.3 is 5.97 Å². The zero-order valence-electron chi connectivity index (χ0n) is 10.7. The van der Waals surface area contributed by atoms with Crippen molar-refractivity contribution in [1.29, 1.82) is 0 Å². The van der Waals surface area contributed by atoms with Crippen molar-refractivity contribution in [1.82, 2.24) is 5.32 Å². The highest BCUT2D eigenvalue weighted by molar-refractivity contribution is 5.80. The lowest BCUT2D eigenvalue weighted by atomic mass is 9.94. The minimum absolute atomic E-state index is 0.0642. The number of nitrogens with one attached hydrogen (secondary N) is 1. The number of benzene rings is 1. The Kier molecular flexibility index (Phi) is 4.58. The van der Waals surface area contributed by atoms with E-state index in [1.165, 1.54) is 13.8 Å². The summed E-state index contributed by atoms with van der Waals surface area (Å²) in [5, 5.41) is 11.3. The molecule has 0 atom stereocenters. The molecular formula is C13H15F2NO3. The second kappa shape index (κ2) is 5.77. The third kappa shape index (κ3) is 4.31. The average Bonchev–Trinajstić information content (AvgIpc) is 2.31. The van der Waals surface area contributed by atoms with E-state index in [1.54, 1.807) is 0 Å². The molecule has 2 N–H and O–H groups in total. The average molecular weight is 271 g/mol. The minimum atomic E-state index is -1.11. The molecule has 0 bridgehead atoms. The molecule has 104 valence electrons. The fraction of sp³-hybridized carbons (Fsp3) is 0.385. The van der Waals surface area contributed by atoms with E-state index >= 15 is 0 Å². The van der Waals surface area contributed by atoms with Crippen LogP contribution in [-0.2, 0) is 16.0 Å². The van der Waals surface area contributed by atoms with Crippen LogP contribution >= 0.6 is 0 Å². The third-order valence-electron chi connectivity index (χ3n) is 2.67. The number of aliphatic carboxylic acids is 1. The molecule has 0 fully saturated rings. The van der Waals surface area contributed by atoms with Crippen LogP contribution in [0.3, 0.4) is 0 Å². The number of carboxylic acids is 1. The maximum Gasteiger partial charge on any atom is 0.310 e. The predicted molar refractivity (Wildman–Crippen MR) is 64.5 cm³/mol. The van der Waals surface area contributed by atoms with E-state index in [0.29, 0.717) is 0 Å². The van der Waals surface area contributed by atoms with E-state index in [9.17, 15) is 18.4 Å². The zero-order valence-corrected chi connectivity index (χ0v) is 10.7. The van der Waals surface area contributed by atoms with Gasteiger partial charge in [-0.25, -0.2) is 8.78 Å². The molecule has 1 amide bonds. The van der Waals surface area contributed by atoms with Gasteiger partial charge in [0.05, 0.1) is 11.8 Å².